The van der Waals surface area contributed by atoms with Gasteiger partial charge in [0.15, 0.2) is 5.69 Å². The van der Waals surface area contributed by atoms with Gasteiger partial charge < -0.3 is 9.94 Å². The molecule has 1 heterocycles. The van der Waals surface area contributed by atoms with E-state index in [1.165, 1.54) is 0 Å². The highest BCUT2D eigenvalue weighted by molar-refractivity contribution is 5.91. The Hall–Kier alpha value is -1.92. The maximum absolute atomic E-state index is 12.2. The highest BCUT2D eigenvalue weighted by atomic mass is 16.6. The van der Waals surface area contributed by atoms with Crippen molar-refractivity contribution in [3.63, 3.8) is 0 Å². The molecule has 2 rings (SSSR count). The Kier molecular flexibility index (Phi) is 2.59. The predicted molar refractivity (Wildman–Crippen MR) is 59.9 cm³/mol. The van der Waals surface area contributed by atoms with Crippen molar-refractivity contribution >= 4 is 23.8 Å². The van der Waals surface area contributed by atoms with E-state index in [9.17, 15) is 10.0 Å². The highest BCUT2D eigenvalue weighted by Gasteiger charge is 2.30. The van der Waals surface area contributed by atoms with Crippen LogP contribution in [-0.2, 0) is 4.74 Å². The van der Waals surface area contributed by atoms with E-state index in [2.05, 4.69) is 15.2 Å². The van der Waals surface area contributed by atoms with Crippen LogP contribution >= 0.6 is 0 Å². The average Bonchev–Trinajstić information content (AvgIpc) is 2.58. The lowest BCUT2D eigenvalue weighted by Gasteiger charge is -2.32. The van der Waals surface area contributed by atoms with Gasteiger partial charge in [-0.1, -0.05) is 12.1 Å². The molecule has 1 unspecified atom stereocenters. The molecule has 1 amide bonds. The first kappa shape index (κ1) is 10.6. The lowest BCUT2D eigenvalue weighted by Crippen LogP contribution is -2.55. The summed E-state index contributed by atoms with van der Waals surface area (Å²) in [5.74, 6) is 0. The summed E-state index contributed by atoms with van der Waals surface area (Å²) < 4.78 is 3.54. The zero-order chi connectivity index (χ0) is 11.6. The van der Waals surface area contributed by atoms with Crippen LogP contribution in [-0.4, -0.2) is 19.0 Å². The van der Waals surface area contributed by atoms with Gasteiger partial charge in [0.25, 0.3) is 0 Å². The third-order valence-electron chi connectivity index (χ3n) is 2.13. The van der Waals surface area contributed by atoms with Gasteiger partial charge in [-0.05, 0) is 13.0 Å². The minimum Gasteiger partial charge on any atom is -0.595 e. The summed E-state index contributed by atoms with van der Waals surface area (Å²) in [4.78, 5) is 15.1. The molecular formula is C10H11N3O3. The van der Waals surface area contributed by atoms with E-state index >= 15 is 0 Å². The Morgan fingerprint density at radius 1 is 1.56 bits per heavy atom. The van der Waals surface area contributed by atoms with E-state index in [1.54, 1.807) is 31.2 Å². The molecule has 1 aromatic carbocycles. The molecule has 1 atom stereocenters. The fourth-order valence-electron chi connectivity index (χ4n) is 1.45. The van der Waals surface area contributed by atoms with Crippen LogP contribution in [0.25, 0.3) is 0 Å². The lowest BCUT2D eigenvalue weighted by atomic mass is 10.3. The Balaban J connectivity index is 2.22. The number of fused-ring (bicyclic) bond motifs is 1. The number of quaternary nitrogens is 1. The molecule has 1 aliphatic heterocycles. The minimum atomic E-state index is -1.12. The SMILES string of the molecule is CCOC(=O)N[N+]1([O-])C=Nc2ccccc21. The van der Waals surface area contributed by atoms with Gasteiger partial charge in [-0.3, -0.25) is 0 Å². The van der Waals surface area contributed by atoms with Crippen LogP contribution in [0, 0.1) is 5.21 Å². The summed E-state index contributed by atoms with van der Waals surface area (Å²) >= 11 is 0. The van der Waals surface area contributed by atoms with Crippen LogP contribution in [0.15, 0.2) is 29.3 Å². The summed E-state index contributed by atoms with van der Waals surface area (Å²) in [5.41, 5.74) is 3.11. The predicted octanol–water partition coefficient (Wildman–Crippen LogP) is 1.83. The molecule has 0 saturated carbocycles. The van der Waals surface area contributed by atoms with Crippen molar-refractivity contribution < 1.29 is 9.53 Å². The Bertz CT molecular complexity index is 447. The number of hydrogen-bond donors (Lipinski definition) is 1. The number of nitrogens with zero attached hydrogens (tertiary/aromatic N) is 2. The van der Waals surface area contributed by atoms with E-state index in [0.717, 1.165) is 6.34 Å². The molecule has 0 radical (unpaired) electrons. The smallest absolute Gasteiger partial charge is 0.453 e. The topological polar surface area (TPSA) is 73.8 Å². The monoisotopic (exact) mass is 221 g/mol. The standard InChI is InChI=1S/C10H11N3O3/c1-2-16-10(14)12-13(15)7-11-8-5-3-4-6-9(8)13/h3-7H,2H2,1H3,(H,12,14). The Morgan fingerprint density at radius 2 is 2.31 bits per heavy atom. The number of amides is 1. The fourth-order valence-corrected chi connectivity index (χ4v) is 1.45. The number of benzene rings is 1. The molecule has 0 aliphatic carbocycles. The van der Waals surface area contributed by atoms with Crippen molar-refractivity contribution in [3.8, 4) is 0 Å². The van der Waals surface area contributed by atoms with E-state index in [4.69, 9.17) is 0 Å². The second-order valence-electron chi connectivity index (χ2n) is 3.22. The van der Waals surface area contributed by atoms with E-state index < -0.39 is 10.8 Å². The molecule has 0 spiro atoms. The van der Waals surface area contributed by atoms with Gasteiger partial charge in [0.1, 0.15) is 5.69 Å². The summed E-state index contributed by atoms with van der Waals surface area (Å²) in [6.45, 7) is 1.88. The molecule has 0 aromatic heterocycles. The van der Waals surface area contributed by atoms with Crippen molar-refractivity contribution in [1.82, 2.24) is 10.2 Å². The normalized spacial score (nSPS) is 21.6. The van der Waals surface area contributed by atoms with Crippen molar-refractivity contribution in [1.29, 1.82) is 0 Å². The zero-order valence-corrected chi connectivity index (χ0v) is 8.71. The maximum atomic E-state index is 12.2. The van der Waals surface area contributed by atoms with Crippen molar-refractivity contribution in [2.75, 3.05) is 6.61 Å². The number of hydrogen-bond acceptors (Lipinski definition) is 4. The largest absolute Gasteiger partial charge is 0.595 e. The van der Waals surface area contributed by atoms with Crippen molar-refractivity contribution in [2.45, 2.75) is 6.92 Å². The molecule has 0 bridgehead atoms. The molecule has 84 valence electrons. The minimum absolute atomic E-state index is 0.213. The number of carbonyl (C=O) groups is 1. The van der Waals surface area contributed by atoms with E-state index in [1.807, 2.05) is 0 Å². The van der Waals surface area contributed by atoms with Gasteiger partial charge in [0.05, 0.1) is 6.61 Å². The second kappa shape index (κ2) is 3.92. The van der Waals surface area contributed by atoms with Gasteiger partial charge in [-0.2, -0.15) is 15.2 Å². The Morgan fingerprint density at radius 3 is 3.06 bits per heavy atom. The van der Waals surface area contributed by atoms with Gasteiger partial charge in [-0.15, -0.1) is 0 Å². The van der Waals surface area contributed by atoms with Gasteiger partial charge in [0.2, 0.25) is 6.34 Å². The quantitative estimate of drug-likeness (QED) is 0.611. The van der Waals surface area contributed by atoms with Crippen LogP contribution in [0.3, 0.4) is 0 Å². The maximum Gasteiger partial charge on any atom is 0.453 e. The highest BCUT2D eigenvalue weighted by Crippen LogP contribution is 2.35. The van der Waals surface area contributed by atoms with Crippen LogP contribution in [0.5, 0.6) is 0 Å². The number of hydroxylamine groups is 1. The number of para-hydroxylation sites is 2. The third-order valence-corrected chi connectivity index (χ3v) is 2.13. The number of carbonyl (C=O) groups excluding carboxylic acids is 1. The first-order valence-corrected chi connectivity index (χ1v) is 4.85. The van der Waals surface area contributed by atoms with Gasteiger partial charge in [0, 0.05) is 6.07 Å². The van der Waals surface area contributed by atoms with Crippen LogP contribution in [0.1, 0.15) is 6.92 Å². The Labute approximate surface area is 92.3 Å². The molecule has 0 saturated heterocycles. The fraction of sp³-hybridized carbons (Fsp3) is 0.200. The van der Waals surface area contributed by atoms with Crippen LogP contribution < -0.4 is 10.2 Å². The van der Waals surface area contributed by atoms with Crippen molar-refractivity contribution in [3.05, 3.63) is 29.5 Å². The number of ether oxygens (including phenoxy) is 1. The van der Waals surface area contributed by atoms with E-state index in [0.29, 0.717) is 11.4 Å². The number of nitrogens with one attached hydrogen (secondary N) is 1. The summed E-state index contributed by atoms with van der Waals surface area (Å²) in [5, 5.41) is 12.2. The lowest BCUT2D eigenvalue weighted by molar-refractivity contribution is 0.139. The average molecular weight is 221 g/mol. The van der Waals surface area contributed by atoms with Crippen LogP contribution in [0.2, 0.25) is 0 Å². The van der Waals surface area contributed by atoms with Crippen LogP contribution in [0.4, 0.5) is 16.2 Å². The summed E-state index contributed by atoms with van der Waals surface area (Å²) in [6.07, 6.45) is 0.349. The molecule has 6 nitrogen and oxygen atoms in total. The van der Waals surface area contributed by atoms with Gasteiger partial charge in [-0.25, -0.2) is 4.79 Å². The zero-order valence-electron chi connectivity index (χ0n) is 8.71. The second-order valence-corrected chi connectivity index (χ2v) is 3.22. The molecule has 1 aromatic rings. The molecule has 1 aliphatic rings. The molecule has 6 heteroatoms. The molecule has 0 fully saturated rings. The van der Waals surface area contributed by atoms with Gasteiger partial charge >= 0.3 is 6.09 Å². The number of rotatable bonds is 2. The first-order chi connectivity index (χ1) is 7.65. The van der Waals surface area contributed by atoms with E-state index in [-0.39, 0.29) is 6.61 Å². The molecule has 1 N–H and O–H groups in total. The molecule has 16 heavy (non-hydrogen) atoms. The van der Waals surface area contributed by atoms with Crippen molar-refractivity contribution in [2.24, 2.45) is 4.99 Å². The summed E-state index contributed by atoms with van der Waals surface area (Å²) in [6, 6.07) is 6.81. The first-order valence-electron chi connectivity index (χ1n) is 4.85. The molecular weight excluding hydrogens is 210 g/mol. The number of aliphatic imine (C=N–C) groups is 1. The summed E-state index contributed by atoms with van der Waals surface area (Å²) in [7, 11) is 0. The third kappa shape index (κ3) is 1.75.